The van der Waals surface area contributed by atoms with Crippen LogP contribution in [0.1, 0.15) is 46.5 Å². The summed E-state index contributed by atoms with van der Waals surface area (Å²) in [5.41, 5.74) is -0.702. The van der Waals surface area contributed by atoms with E-state index < -0.39 is 5.54 Å². The van der Waals surface area contributed by atoms with Crippen molar-refractivity contribution in [1.82, 2.24) is 16.0 Å². The Morgan fingerprint density at radius 1 is 0.758 bits per heavy atom. The molecule has 2 atom stereocenters. The molecule has 0 aromatic rings. The minimum atomic E-state index is -0.702. The van der Waals surface area contributed by atoms with Gasteiger partial charge >= 0.3 is 0 Å². The van der Waals surface area contributed by atoms with Gasteiger partial charge in [-0.15, -0.1) is 34.8 Å². The Morgan fingerprint density at radius 3 is 1.52 bits per heavy atom. The number of amides is 3. The summed E-state index contributed by atoms with van der Waals surface area (Å²) in [4.78, 5) is 35.4. The second kappa shape index (κ2) is 19.5. The minimum Gasteiger partial charge on any atom is -0.379 e. The Bertz CT molecular complexity index is 535. The minimum absolute atomic E-state index is 0.0885. The fourth-order valence-corrected chi connectivity index (χ4v) is 3.32. The molecule has 194 valence electrons. The van der Waals surface area contributed by atoms with E-state index in [1.807, 2.05) is 20.8 Å². The Morgan fingerprint density at radius 2 is 1.15 bits per heavy atom. The predicted octanol–water partition coefficient (Wildman–Crippen LogP) is 2.68. The molecule has 0 radical (unpaired) electrons. The maximum atomic E-state index is 12.3. The van der Waals surface area contributed by atoms with E-state index in [9.17, 15) is 14.4 Å². The van der Waals surface area contributed by atoms with Gasteiger partial charge in [0.15, 0.2) is 0 Å². The van der Waals surface area contributed by atoms with Crippen LogP contribution in [0, 0.1) is 11.8 Å². The second-order valence-corrected chi connectivity index (χ2v) is 9.48. The molecule has 2 unspecified atom stereocenters. The van der Waals surface area contributed by atoms with Gasteiger partial charge in [-0.05, 0) is 18.3 Å². The third-order valence-electron chi connectivity index (χ3n) is 4.90. The molecule has 0 aromatic heterocycles. The van der Waals surface area contributed by atoms with Crippen molar-refractivity contribution in [2.24, 2.45) is 11.8 Å². The molecular weight excluding hydrogens is 493 g/mol. The van der Waals surface area contributed by atoms with Gasteiger partial charge in [-0.1, -0.05) is 20.8 Å². The predicted molar refractivity (Wildman–Crippen MR) is 133 cm³/mol. The lowest BCUT2D eigenvalue weighted by molar-refractivity contribution is -0.126. The largest absolute Gasteiger partial charge is 0.379 e. The van der Waals surface area contributed by atoms with Crippen molar-refractivity contribution in [2.75, 3.05) is 57.2 Å². The number of carbonyl (C=O) groups is 3. The number of hydrogen-bond donors (Lipinski definition) is 3. The Hall–Kier alpha value is -0.800. The molecule has 0 aromatic carbocycles. The van der Waals surface area contributed by atoms with Crippen LogP contribution >= 0.6 is 34.8 Å². The first-order valence-electron chi connectivity index (χ1n) is 11.4. The van der Waals surface area contributed by atoms with Gasteiger partial charge in [-0.25, -0.2) is 0 Å². The second-order valence-electron chi connectivity index (χ2n) is 8.35. The first-order valence-corrected chi connectivity index (χ1v) is 13.0. The summed E-state index contributed by atoms with van der Waals surface area (Å²) in [7, 11) is 0. The number of rotatable bonds is 20. The van der Waals surface area contributed by atoms with Crippen LogP contribution in [0.15, 0.2) is 0 Å². The van der Waals surface area contributed by atoms with Crippen LogP contribution in [0.5, 0.6) is 0 Å². The van der Waals surface area contributed by atoms with Crippen LogP contribution in [-0.2, 0) is 23.9 Å². The van der Waals surface area contributed by atoms with Crippen molar-refractivity contribution in [3.63, 3.8) is 0 Å². The highest BCUT2D eigenvalue weighted by Crippen LogP contribution is 2.15. The summed E-state index contributed by atoms with van der Waals surface area (Å²) in [6, 6.07) is 0. The van der Waals surface area contributed by atoms with Gasteiger partial charge in [-0.2, -0.15) is 0 Å². The van der Waals surface area contributed by atoms with E-state index in [-0.39, 0.29) is 79.7 Å². The van der Waals surface area contributed by atoms with Gasteiger partial charge in [0.1, 0.15) is 0 Å². The average Bonchev–Trinajstić information content (AvgIpc) is 2.76. The topological polar surface area (TPSA) is 106 Å². The van der Waals surface area contributed by atoms with Crippen molar-refractivity contribution in [2.45, 2.75) is 52.0 Å². The van der Waals surface area contributed by atoms with Gasteiger partial charge in [0, 0.05) is 50.0 Å². The normalized spacial score (nSPS) is 14.7. The standard InChI is InChI=1S/C22H40Cl3N3O5/c1-4-22(28-21(31)7-10-25,15-32-13-17(2)11-26-19(29)5-8-23)16-33-14-18(3)12-27-20(30)6-9-24/h17-18H,4-16H2,1-3H3,(H,26,29)(H,27,30)(H,28,31). The van der Waals surface area contributed by atoms with Crippen LogP contribution in [0.3, 0.4) is 0 Å². The molecule has 0 saturated carbocycles. The average molecular weight is 533 g/mol. The summed E-state index contributed by atoms with van der Waals surface area (Å²) in [5.74, 6) is 0.646. The summed E-state index contributed by atoms with van der Waals surface area (Å²) >= 11 is 16.9. The van der Waals surface area contributed by atoms with E-state index >= 15 is 0 Å². The van der Waals surface area contributed by atoms with Crippen LogP contribution in [-0.4, -0.2) is 80.4 Å². The molecule has 8 nitrogen and oxygen atoms in total. The fourth-order valence-electron chi connectivity index (χ4n) is 2.80. The van der Waals surface area contributed by atoms with E-state index in [4.69, 9.17) is 44.3 Å². The van der Waals surface area contributed by atoms with Gasteiger partial charge < -0.3 is 25.4 Å². The summed E-state index contributed by atoms with van der Waals surface area (Å²) < 4.78 is 11.8. The molecule has 0 rings (SSSR count). The molecule has 0 aliphatic rings. The van der Waals surface area contributed by atoms with Crippen molar-refractivity contribution in [1.29, 1.82) is 0 Å². The SMILES string of the molecule is CCC(COCC(C)CNC(=O)CCCl)(COCC(C)CNC(=O)CCCl)NC(=O)CCCl. The molecule has 0 saturated heterocycles. The van der Waals surface area contributed by atoms with Crippen molar-refractivity contribution in [3.05, 3.63) is 0 Å². The molecule has 0 bridgehead atoms. The zero-order valence-corrected chi connectivity index (χ0v) is 22.3. The van der Waals surface area contributed by atoms with E-state index in [0.717, 1.165) is 0 Å². The molecule has 0 spiro atoms. The van der Waals surface area contributed by atoms with Crippen LogP contribution in [0.4, 0.5) is 0 Å². The lowest BCUT2D eigenvalue weighted by atomic mass is 9.97. The number of carbonyl (C=O) groups excluding carboxylic acids is 3. The molecule has 11 heteroatoms. The highest BCUT2D eigenvalue weighted by Gasteiger charge is 2.31. The monoisotopic (exact) mass is 531 g/mol. The first kappa shape index (κ1) is 32.2. The third-order valence-corrected chi connectivity index (χ3v) is 5.47. The van der Waals surface area contributed by atoms with E-state index in [2.05, 4.69) is 16.0 Å². The Kier molecular flexibility index (Phi) is 19.0. The van der Waals surface area contributed by atoms with Crippen LogP contribution in [0.2, 0.25) is 0 Å². The van der Waals surface area contributed by atoms with E-state index in [0.29, 0.717) is 32.7 Å². The molecule has 33 heavy (non-hydrogen) atoms. The van der Waals surface area contributed by atoms with E-state index in [1.165, 1.54) is 0 Å². The number of hydrogen-bond acceptors (Lipinski definition) is 5. The molecule has 3 amide bonds. The number of nitrogens with one attached hydrogen (secondary N) is 3. The fraction of sp³-hybridized carbons (Fsp3) is 0.864. The third kappa shape index (κ3) is 16.5. The number of halogens is 3. The first-order chi connectivity index (χ1) is 15.7. The quantitative estimate of drug-likeness (QED) is 0.209. The summed E-state index contributed by atoms with van der Waals surface area (Å²) in [5, 5.41) is 8.66. The summed E-state index contributed by atoms with van der Waals surface area (Å²) in [6.45, 7) is 8.22. The number of ether oxygens (including phenoxy) is 2. The zero-order valence-electron chi connectivity index (χ0n) is 20.0. The number of alkyl halides is 3. The Balaban J connectivity index is 4.70. The van der Waals surface area contributed by atoms with Crippen molar-refractivity contribution < 1.29 is 23.9 Å². The van der Waals surface area contributed by atoms with Gasteiger partial charge in [0.2, 0.25) is 17.7 Å². The van der Waals surface area contributed by atoms with Gasteiger partial charge in [-0.3, -0.25) is 14.4 Å². The molecule has 3 N–H and O–H groups in total. The van der Waals surface area contributed by atoms with Crippen molar-refractivity contribution >= 4 is 52.5 Å². The smallest absolute Gasteiger partial charge is 0.221 e. The highest BCUT2D eigenvalue weighted by molar-refractivity contribution is 6.19. The lowest BCUT2D eigenvalue weighted by Gasteiger charge is -2.34. The van der Waals surface area contributed by atoms with Crippen LogP contribution < -0.4 is 16.0 Å². The van der Waals surface area contributed by atoms with Crippen LogP contribution in [0.25, 0.3) is 0 Å². The van der Waals surface area contributed by atoms with Crippen molar-refractivity contribution in [3.8, 4) is 0 Å². The maximum absolute atomic E-state index is 12.3. The Labute approximate surface area is 213 Å². The van der Waals surface area contributed by atoms with E-state index in [1.54, 1.807) is 0 Å². The zero-order chi connectivity index (χ0) is 25.1. The molecule has 0 heterocycles. The maximum Gasteiger partial charge on any atom is 0.221 e. The molecular formula is C22H40Cl3N3O5. The van der Waals surface area contributed by atoms with Gasteiger partial charge in [0.25, 0.3) is 0 Å². The lowest BCUT2D eigenvalue weighted by Crippen LogP contribution is -2.55. The molecule has 0 aliphatic carbocycles. The highest BCUT2D eigenvalue weighted by atomic mass is 35.5. The summed E-state index contributed by atoms with van der Waals surface area (Å²) in [6.07, 6.45) is 1.37. The molecule has 0 fully saturated rings. The van der Waals surface area contributed by atoms with Gasteiger partial charge in [0.05, 0.1) is 32.0 Å². The molecule has 0 aliphatic heterocycles.